The molecule has 1 aromatic heterocycles. The second-order valence-corrected chi connectivity index (χ2v) is 8.58. The molecule has 8 nitrogen and oxygen atoms in total. The molecule has 1 aromatic carbocycles. The smallest absolute Gasteiger partial charge is 0.341 e. The lowest BCUT2D eigenvalue weighted by molar-refractivity contribution is -0.137. The van der Waals surface area contributed by atoms with Crippen LogP contribution in [0.15, 0.2) is 52.8 Å². The first kappa shape index (κ1) is 24.3. The minimum atomic E-state index is -4.71. The molecule has 2 heterocycles. The predicted molar refractivity (Wildman–Crippen MR) is 120 cm³/mol. The Morgan fingerprint density at radius 3 is 2.60 bits per heavy atom. The minimum Gasteiger partial charge on any atom is -0.341 e. The van der Waals surface area contributed by atoms with E-state index in [0.29, 0.717) is 22.2 Å². The van der Waals surface area contributed by atoms with Gasteiger partial charge in [0.2, 0.25) is 0 Å². The molecule has 0 spiro atoms. The van der Waals surface area contributed by atoms with E-state index in [9.17, 15) is 32.8 Å². The van der Waals surface area contributed by atoms with Gasteiger partial charge in [-0.25, -0.2) is 14.5 Å². The number of rotatable bonds is 3. The van der Waals surface area contributed by atoms with Gasteiger partial charge in [-0.2, -0.15) is 18.4 Å². The Hall–Kier alpha value is -3.85. The van der Waals surface area contributed by atoms with Crippen molar-refractivity contribution >= 4 is 35.3 Å². The van der Waals surface area contributed by atoms with Crippen LogP contribution in [-0.4, -0.2) is 41.0 Å². The molecule has 0 saturated heterocycles. The maximum atomic E-state index is 13.7. The fourth-order valence-corrected chi connectivity index (χ4v) is 4.92. The van der Waals surface area contributed by atoms with Gasteiger partial charge in [0.15, 0.2) is 5.78 Å². The number of nitriles is 1. The summed E-state index contributed by atoms with van der Waals surface area (Å²) in [4.78, 5) is 45.7. The number of thioether (sulfide) groups is 1. The van der Waals surface area contributed by atoms with E-state index >= 15 is 0 Å². The van der Waals surface area contributed by atoms with Gasteiger partial charge in [0.05, 0.1) is 35.1 Å². The van der Waals surface area contributed by atoms with Gasteiger partial charge >= 0.3 is 18.2 Å². The number of benzene rings is 1. The van der Waals surface area contributed by atoms with Crippen LogP contribution >= 0.6 is 11.8 Å². The van der Waals surface area contributed by atoms with Crippen LogP contribution in [0.3, 0.4) is 0 Å². The number of amides is 4. The average Bonchev–Trinajstić information content (AvgIpc) is 3.22. The summed E-state index contributed by atoms with van der Waals surface area (Å²) in [5.74, 6) is -0.326. The Bertz CT molecular complexity index is 1320. The Labute approximate surface area is 202 Å². The number of nitrogens with one attached hydrogen (secondary N) is 1. The molecule has 2 aromatic rings. The molecule has 0 unspecified atom stereocenters. The number of carbonyl (C=O) groups excluding carboxylic acids is 3. The number of imide groups is 1. The maximum absolute atomic E-state index is 13.7. The van der Waals surface area contributed by atoms with E-state index in [2.05, 4.69) is 10.3 Å². The maximum Gasteiger partial charge on any atom is 0.417 e. The molecule has 4 rings (SSSR count). The summed E-state index contributed by atoms with van der Waals surface area (Å²) in [6.45, 7) is 0. The summed E-state index contributed by atoms with van der Waals surface area (Å²) in [5, 5.41) is 11.6. The highest BCUT2D eigenvalue weighted by atomic mass is 32.2. The first-order chi connectivity index (χ1) is 16.6. The van der Waals surface area contributed by atoms with Crippen molar-refractivity contribution in [3.05, 3.63) is 64.6 Å². The Kier molecular flexibility index (Phi) is 6.29. The zero-order chi connectivity index (χ0) is 25.5. The number of nitrogens with zero attached hydrogens (tertiary/aromatic N) is 4. The highest BCUT2D eigenvalue weighted by Crippen LogP contribution is 2.47. The summed E-state index contributed by atoms with van der Waals surface area (Å²) in [6, 6.07) is 4.61. The van der Waals surface area contributed by atoms with Crippen molar-refractivity contribution in [1.82, 2.24) is 15.2 Å². The molecule has 1 aliphatic carbocycles. The fourth-order valence-electron chi connectivity index (χ4n) is 4.26. The first-order valence-corrected chi connectivity index (χ1v) is 11.6. The van der Waals surface area contributed by atoms with Gasteiger partial charge in [0, 0.05) is 35.8 Å². The first-order valence-electron chi connectivity index (χ1n) is 10.3. The lowest BCUT2D eigenvalue weighted by Gasteiger charge is -2.41. The quantitative estimate of drug-likeness (QED) is 0.615. The van der Waals surface area contributed by atoms with E-state index in [0.717, 1.165) is 22.1 Å². The van der Waals surface area contributed by atoms with E-state index in [1.165, 1.54) is 24.9 Å². The van der Waals surface area contributed by atoms with Crippen LogP contribution in [0.4, 0.5) is 28.4 Å². The molecule has 2 aliphatic rings. The zero-order valence-electron chi connectivity index (χ0n) is 18.5. The lowest BCUT2D eigenvalue weighted by atomic mass is 9.92. The third-order valence-electron chi connectivity index (χ3n) is 5.80. The molecule has 35 heavy (non-hydrogen) atoms. The number of hydrogen-bond acceptors (Lipinski definition) is 6. The van der Waals surface area contributed by atoms with Crippen molar-refractivity contribution in [2.24, 2.45) is 0 Å². The van der Waals surface area contributed by atoms with Crippen molar-refractivity contribution in [3.63, 3.8) is 0 Å². The van der Waals surface area contributed by atoms with E-state index < -0.39 is 29.8 Å². The average molecular weight is 501 g/mol. The van der Waals surface area contributed by atoms with Crippen molar-refractivity contribution < 1.29 is 27.6 Å². The third-order valence-corrected chi connectivity index (χ3v) is 6.59. The largest absolute Gasteiger partial charge is 0.417 e. The van der Waals surface area contributed by atoms with E-state index in [1.54, 1.807) is 18.4 Å². The topological polar surface area (TPSA) is 106 Å². The van der Waals surface area contributed by atoms with Crippen molar-refractivity contribution in [2.75, 3.05) is 18.2 Å². The SMILES string of the molecule is CNC(=O)N1C(=O)N(c2cncc(C(F)(F)F)c2)C2=C(C(=O)CC2)[C@H]1c1ccc(C#N)cc1SC. The van der Waals surface area contributed by atoms with Crippen LogP contribution in [0, 0.1) is 11.3 Å². The number of allylic oxidation sites excluding steroid dienone is 1. The molecular weight excluding hydrogens is 483 g/mol. The van der Waals surface area contributed by atoms with Crippen LogP contribution in [0.25, 0.3) is 0 Å². The van der Waals surface area contributed by atoms with Crippen LogP contribution in [0.2, 0.25) is 0 Å². The fraction of sp³-hybridized carbons (Fsp3) is 0.261. The van der Waals surface area contributed by atoms with Crippen LogP contribution in [-0.2, 0) is 11.0 Å². The minimum absolute atomic E-state index is 0.0315. The molecule has 4 amide bonds. The Morgan fingerprint density at radius 2 is 1.97 bits per heavy atom. The van der Waals surface area contributed by atoms with Gasteiger partial charge in [-0.05, 0) is 36.4 Å². The number of alkyl halides is 3. The Morgan fingerprint density at radius 1 is 1.23 bits per heavy atom. The van der Waals surface area contributed by atoms with Crippen molar-refractivity contribution in [2.45, 2.75) is 30.0 Å². The van der Waals surface area contributed by atoms with Gasteiger partial charge in [-0.15, -0.1) is 11.8 Å². The molecule has 1 aliphatic heterocycles. The van der Waals surface area contributed by atoms with Crippen LogP contribution < -0.4 is 10.2 Å². The normalized spacial score (nSPS) is 18.0. The summed E-state index contributed by atoms with van der Waals surface area (Å²) < 4.78 is 40.0. The predicted octanol–water partition coefficient (Wildman–Crippen LogP) is 4.63. The number of anilines is 1. The molecule has 1 atom stereocenters. The van der Waals surface area contributed by atoms with E-state index in [4.69, 9.17) is 0 Å². The number of hydrogen-bond donors (Lipinski definition) is 1. The molecular formula is C23H18F3N5O3S. The molecule has 12 heteroatoms. The Balaban J connectivity index is 1.98. The molecule has 0 saturated carbocycles. The molecule has 0 fully saturated rings. The van der Waals surface area contributed by atoms with Crippen LogP contribution in [0.5, 0.6) is 0 Å². The zero-order valence-corrected chi connectivity index (χ0v) is 19.3. The van der Waals surface area contributed by atoms with Gasteiger partial charge < -0.3 is 5.32 Å². The van der Waals surface area contributed by atoms with E-state index in [1.807, 2.05) is 6.07 Å². The summed E-state index contributed by atoms with van der Waals surface area (Å²) in [6.07, 6.45) is -1.10. The van der Waals surface area contributed by atoms with Gasteiger partial charge in [0.25, 0.3) is 0 Å². The number of carbonyl (C=O) groups is 3. The van der Waals surface area contributed by atoms with E-state index in [-0.39, 0.29) is 35.6 Å². The second kappa shape index (κ2) is 9.07. The second-order valence-electron chi connectivity index (χ2n) is 7.73. The molecule has 180 valence electrons. The lowest BCUT2D eigenvalue weighted by Crippen LogP contribution is -2.55. The number of urea groups is 2. The van der Waals surface area contributed by atoms with Crippen molar-refractivity contribution in [3.8, 4) is 6.07 Å². The highest BCUT2D eigenvalue weighted by molar-refractivity contribution is 7.98. The van der Waals surface area contributed by atoms with Crippen LogP contribution in [0.1, 0.15) is 35.6 Å². The third kappa shape index (κ3) is 4.12. The summed E-state index contributed by atoms with van der Waals surface area (Å²) >= 11 is 1.28. The van der Waals surface area contributed by atoms with Gasteiger partial charge in [0.1, 0.15) is 0 Å². The number of Topliss-reactive ketones (excluding diaryl/α,β-unsaturated/α-hetero) is 1. The number of aromatic nitrogens is 1. The standard InChI is InChI=1S/C23H18F3N5O3S/c1-28-21(33)31-20(15-4-3-12(9-27)7-18(15)35-2)19-16(5-6-17(19)32)30(22(31)34)14-8-13(10-29-11-14)23(24,25)26/h3-4,7-8,10-11,20H,5-6H2,1-2H3,(H,28,33)/t20-/m1/s1. The monoisotopic (exact) mass is 501 g/mol. The highest BCUT2D eigenvalue weighted by Gasteiger charge is 2.49. The number of halogens is 3. The molecule has 0 bridgehead atoms. The number of ketones is 1. The summed E-state index contributed by atoms with van der Waals surface area (Å²) in [5.41, 5.74) is -0.0920. The van der Waals surface area contributed by atoms with Gasteiger partial charge in [-0.1, -0.05) is 6.07 Å². The van der Waals surface area contributed by atoms with Crippen molar-refractivity contribution in [1.29, 1.82) is 5.26 Å². The molecule has 1 N–H and O–H groups in total. The van der Waals surface area contributed by atoms with Gasteiger partial charge in [-0.3, -0.25) is 14.7 Å². The summed E-state index contributed by atoms with van der Waals surface area (Å²) in [7, 11) is 1.30. The number of pyridine rings is 1. The molecule has 0 radical (unpaired) electrons.